The normalized spacial score (nSPS) is 11.0. The molecule has 0 aromatic heterocycles. The van der Waals surface area contributed by atoms with Gasteiger partial charge >= 0.3 is 0 Å². The number of aromatic nitrogens is 2. The average Bonchev–Trinajstić information content (AvgIpc) is 3.12. The Kier molecular flexibility index (Phi) is 4.40. The smallest absolute Gasteiger partial charge is 0.118 e. The Hall–Kier alpha value is -3.14. The molecule has 3 nitrogen and oxygen atoms in total. The number of hydrogen-bond donors (Lipinski definition) is 0. The predicted molar refractivity (Wildman–Crippen MR) is 102 cm³/mol. The summed E-state index contributed by atoms with van der Waals surface area (Å²) in [7, 11) is 1.67. The monoisotopic (exact) mass is 346 g/mol. The van der Waals surface area contributed by atoms with Gasteiger partial charge in [0.05, 0.1) is 25.0 Å². The van der Waals surface area contributed by atoms with Gasteiger partial charge in [0.25, 0.3) is 0 Å². The van der Waals surface area contributed by atoms with E-state index in [1.807, 2.05) is 47.3 Å². The highest BCUT2D eigenvalue weighted by atomic mass is 19.1. The van der Waals surface area contributed by atoms with Crippen molar-refractivity contribution in [2.75, 3.05) is 13.8 Å². The fourth-order valence-corrected chi connectivity index (χ4v) is 3.06. The van der Waals surface area contributed by atoms with Gasteiger partial charge in [-0.1, -0.05) is 36.4 Å². The number of benzene rings is 2. The maximum Gasteiger partial charge on any atom is 0.118 e. The van der Waals surface area contributed by atoms with E-state index in [1.54, 1.807) is 7.11 Å². The van der Waals surface area contributed by atoms with Crippen molar-refractivity contribution in [1.29, 1.82) is 0 Å². The number of halogens is 1. The van der Waals surface area contributed by atoms with Crippen molar-refractivity contribution in [3.05, 3.63) is 73.1 Å². The Morgan fingerprint density at radius 1 is 0.846 bits per heavy atom. The highest BCUT2D eigenvalue weighted by Crippen LogP contribution is 2.30. The maximum atomic E-state index is 12.5. The molecule has 2 heterocycles. The van der Waals surface area contributed by atoms with Crippen LogP contribution in [-0.4, -0.2) is 23.3 Å². The first-order valence-electron chi connectivity index (χ1n) is 8.54. The summed E-state index contributed by atoms with van der Waals surface area (Å²) in [5.74, 6) is 0.850. The highest BCUT2D eigenvalue weighted by molar-refractivity contribution is 5.75. The van der Waals surface area contributed by atoms with Crippen LogP contribution in [0.25, 0.3) is 33.6 Å². The van der Waals surface area contributed by atoms with E-state index < -0.39 is 0 Å². The molecule has 2 aliphatic rings. The van der Waals surface area contributed by atoms with Crippen LogP contribution in [0.1, 0.15) is 0 Å². The Bertz CT molecular complexity index is 974. The maximum absolute atomic E-state index is 12.5. The van der Waals surface area contributed by atoms with Crippen molar-refractivity contribution in [3.8, 4) is 39.4 Å². The van der Waals surface area contributed by atoms with E-state index in [0.29, 0.717) is 6.54 Å². The van der Waals surface area contributed by atoms with Gasteiger partial charge in [-0.15, -0.1) is 0 Å². The van der Waals surface area contributed by atoms with Crippen LogP contribution in [0.4, 0.5) is 4.39 Å². The number of hydrogen-bond acceptors (Lipinski definition) is 2. The number of ether oxygens (including phenoxy) is 1. The molecule has 4 heteroatoms. The minimum Gasteiger partial charge on any atom is -0.497 e. The lowest BCUT2D eigenvalue weighted by Gasteiger charge is -2.05. The van der Waals surface area contributed by atoms with Crippen molar-refractivity contribution in [2.45, 2.75) is 6.54 Å². The van der Waals surface area contributed by atoms with Crippen LogP contribution in [0.3, 0.4) is 0 Å². The zero-order valence-electron chi connectivity index (χ0n) is 14.5. The number of nitrogens with zero attached hydrogens (tertiary/aromatic N) is 2. The third-order valence-electron chi connectivity index (χ3n) is 4.51. The molecule has 0 saturated carbocycles. The van der Waals surface area contributed by atoms with E-state index in [4.69, 9.17) is 9.72 Å². The van der Waals surface area contributed by atoms with Gasteiger partial charge in [0, 0.05) is 23.5 Å². The van der Waals surface area contributed by atoms with Gasteiger partial charge < -0.3 is 9.30 Å². The van der Waals surface area contributed by atoms with Crippen molar-refractivity contribution < 1.29 is 9.13 Å². The van der Waals surface area contributed by atoms with E-state index in [1.165, 1.54) is 0 Å². The van der Waals surface area contributed by atoms with Gasteiger partial charge in [0.15, 0.2) is 0 Å². The largest absolute Gasteiger partial charge is 0.497 e. The molecule has 2 aliphatic heterocycles. The van der Waals surface area contributed by atoms with Gasteiger partial charge in [-0.2, -0.15) is 0 Å². The second-order valence-electron chi connectivity index (χ2n) is 6.16. The van der Waals surface area contributed by atoms with Gasteiger partial charge in [0.1, 0.15) is 12.4 Å². The molecule has 0 amide bonds. The Balaban J connectivity index is 1.62. The minimum absolute atomic E-state index is 0.356. The Labute approximate surface area is 152 Å². The van der Waals surface area contributed by atoms with Gasteiger partial charge in [-0.25, -0.2) is 9.37 Å². The van der Waals surface area contributed by atoms with E-state index in [-0.39, 0.29) is 6.67 Å². The molecular weight excluding hydrogens is 327 g/mol. The molecule has 0 unspecified atom stereocenters. The fraction of sp³-hybridized carbons (Fsp3) is 0.136. The van der Waals surface area contributed by atoms with Crippen LogP contribution in [-0.2, 0) is 6.54 Å². The summed E-state index contributed by atoms with van der Waals surface area (Å²) >= 11 is 0. The SMILES string of the molecule is COc1ccc(-c2ccc(-c3cc4ccn(CCF)cc-4n3)cc2)cc1. The molecule has 0 bridgehead atoms. The first kappa shape index (κ1) is 16.3. The molecule has 0 radical (unpaired) electrons. The number of methoxy groups -OCH3 is 1. The lowest BCUT2D eigenvalue weighted by Crippen LogP contribution is -2.00. The number of rotatable bonds is 5. The Morgan fingerprint density at radius 2 is 1.50 bits per heavy atom. The van der Waals surface area contributed by atoms with Crippen LogP contribution in [0.15, 0.2) is 73.1 Å². The number of aryl methyl sites for hydroxylation is 1. The standard InChI is InChI=1S/C22H19FN2O/c1-26-20-8-6-17(7-9-20)16-2-4-18(5-3-16)21-14-19-10-12-25(13-11-23)15-22(19)24-21/h2-10,12,14-15H,11,13H2,1H3. The van der Waals surface area contributed by atoms with Crippen LogP contribution < -0.4 is 4.74 Å². The van der Waals surface area contributed by atoms with E-state index in [0.717, 1.165) is 39.4 Å². The van der Waals surface area contributed by atoms with Crippen LogP contribution >= 0.6 is 0 Å². The topological polar surface area (TPSA) is 27.1 Å². The van der Waals surface area contributed by atoms with Crippen molar-refractivity contribution in [1.82, 2.24) is 9.55 Å². The summed E-state index contributed by atoms with van der Waals surface area (Å²) in [6.07, 6.45) is 3.78. The summed E-state index contributed by atoms with van der Waals surface area (Å²) in [5.41, 5.74) is 6.23. The quantitative estimate of drug-likeness (QED) is 0.490. The van der Waals surface area contributed by atoms with Crippen molar-refractivity contribution >= 4 is 0 Å². The molecule has 0 saturated heterocycles. The number of fused-ring (bicyclic) bond motifs is 1. The van der Waals surface area contributed by atoms with Crippen LogP contribution in [0.5, 0.6) is 5.75 Å². The Morgan fingerprint density at radius 3 is 2.15 bits per heavy atom. The van der Waals surface area contributed by atoms with Crippen molar-refractivity contribution in [3.63, 3.8) is 0 Å². The molecule has 26 heavy (non-hydrogen) atoms. The average molecular weight is 346 g/mol. The minimum atomic E-state index is -0.378. The zero-order valence-corrected chi connectivity index (χ0v) is 14.5. The van der Waals surface area contributed by atoms with E-state index >= 15 is 0 Å². The molecule has 0 atom stereocenters. The third kappa shape index (κ3) is 3.18. The molecule has 2 aromatic rings. The van der Waals surface area contributed by atoms with Crippen LogP contribution in [0, 0.1) is 0 Å². The summed E-state index contributed by atoms with van der Waals surface area (Å²) in [4.78, 5) is 4.69. The summed E-state index contributed by atoms with van der Waals surface area (Å²) < 4.78 is 19.5. The molecule has 130 valence electrons. The zero-order chi connectivity index (χ0) is 17.9. The van der Waals surface area contributed by atoms with Crippen LogP contribution in [0.2, 0.25) is 0 Å². The lowest BCUT2D eigenvalue weighted by molar-refractivity contribution is 0.415. The third-order valence-corrected chi connectivity index (χ3v) is 4.51. The molecule has 4 rings (SSSR count). The molecule has 0 fully saturated rings. The first-order chi connectivity index (χ1) is 12.8. The number of alkyl halides is 1. The van der Waals surface area contributed by atoms with E-state index in [9.17, 15) is 4.39 Å². The lowest BCUT2D eigenvalue weighted by atomic mass is 10.0. The van der Waals surface area contributed by atoms with Gasteiger partial charge in [-0.3, -0.25) is 0 Å². The summed E-state index contributed by atoms with van der Waals surface area (Å²) in [6, 6.07) is 20.4. The first-order valence-corrected chi connectivity index (χ1v) is 8.54. The molecule has 0 N–H and O–H groups in total. The van der Waals surface area contributed by atoms with Gasteiger partial charge in [-0.05, 0) is 35.4 Å². The van der Waals surface area contributed by atoms with Gasteiger partial charge in [0.2, 0.25) is 0 Å². The highest BCUT2D eigenvalue weighted by Gasteiger charge is 2.11. The second-order valence-corrected chi connectivity index (χ2v) is 6.16. The summed E-state index contributed by atoms with van der Waals surface area (Å²) in [6.45, 7) is -0.0226. The molecule has 2 aromatic carbocycles. The van der Waals surface area contributed by atoms with E-state index in [2.05, 4.69) is 30.3 Å². The second kappa shape index (κ2) is 7.00. The predicted octanol–water partition coefficient (Wildman–Crippen LogP) is 5.30. The fourth-order valence-electron chi connectivity index (χ4n) is 3.06. The summed E-state index contributed by atoms with van der Waals surface area (Å²) in [5, 5.41) is 0. The number of pyridine rings is 1. The molecule has 0 aliphatic carbocycles. The van der Waals surface area contributed by atoms with Crippen molar-refractivity contribution in [2.24, 2.45) is 0 Å². The molecular formula is C22H19FN2O. The molecule has 0 spiro atoms.